The molecule has 1 aromatic carbocycles. The Morgan fingerprint density at radius 1 is 1.32 bits per heavy atom. The number of hydrogen-bond donors (Lipinski definition) is 3. The van der Waals surface area contributed by atoms with E-state index in [0.29, 0.717) is 21.3 Å². The normalized spacial score (nSPS) is 32.2. The third kappa shape index (κ3) is 2.21. The Kier molecular flexibility index (Phi) is 3.62. The largest absolute Gasteiger partial charge is 0.350 e. The lowest BCUT2D eigenvalue weighted by atomic mass is 9.78. The van der Waals surface area contributed by atoms with Gasteiger partial charge in [-0.3, -0.25) is 9.36 Å². The summed E-state index contributed by atoms with van der Waals surface area (Å²) < 4.78 is 17.5. The fourth-order valence-electron chi connectivity index (χ4n) is 5.43. The Bertz CT molecular complexity index is 1120. The molecule has 1 aliphatic heterocycles. The first kappa shape index (κ1) is 17.9. The molecule has 7 nitrogen and oxygen atoms in total. The van der Waals surface area contributed by atoms with Crippen LogP contribution in [0.5, 0.6) is 0 Å². The van der Waals surface area contributed by atoms with E-state index in [9.17, 15) is 9.59 Å². The number of benzene rings is 1. The maximum Gasteiger partial charge on any atom is 0.350 e. The number of nitrogens with one attached hydrogen (secondary N) is 1. The minimum absolute atomic E-state index is 0.0271. The van der Waals surface area contributed by atoms with E-state index in [1.807, 2.05) is 6.92 Å². The molecular formula is C20H26FN5O2. The second kappa shape index (κ2) is 5.67. The standard InChI is InChI=1S/C20H26FN5O2/c1-9-16(13-6-20(13)8-24-7-15(22)10(20)2)14(21)5-12-17(9)25(11-3-4-11)19(28)26(23)18(12)27/h5,10-11,13,15,24H,3-4,6-8,22-23H2,1-2H3/t10-,13?,15?,20?/m1/s1. The van der Waals surface area contributed by atoms with Crippen molar-refractivity contribution in [2.45, 2.75) is 51.1 Å². The number of fused-ring (bicyclic) bond motifs is 1. The SMILES string of the molecule is Cc1c(C2CC23CNCC(N)[C@H]3C)c(F)cc2c(=O)n(N)c(=O)n(C3CC3)c12. The molecule has 3 unspecified atom stereocenters. The van der Waals surface area contributed by atoms with Gasteiger partial charge < -0.3 is 16.9 Å². The van der Waals surface area contributed by atoms with Crippen LogP contribution in [-0.2, 0) is 0 Å². The van der Waals surface area contributed by atoms with Crippen molar-refractivity contribution < 1.29 is 4.39 Å². The van der Waals surface area contributed by atoms with Crippen LogP contribution in [0.2, 0.25) is 0 Å². The van der Waals surface area contributed by atoms with E-state index < -0.39 is 17.1 Å². The van der Waals surface area contributed by atoms with E-state index in [1.54, 1.807) is 4.57 Å². The van der Waals surface area contributed by atoms with Gasteiger partial charge in [-0.25, -0.2) is 9.18 Å². The van der Waals surface area contributed by atoms with Crippen LogP contribution in [0.1, 0.15) is 49.3 Å². The van der Waals surface area contributed by atoms with Crippen molar-refractivity contribution in [3.63, 3.8) is 0 Å². The van der Waals surface area contributed by atoms with Gasteiger partial charge in [0.15, 0.2) is 0 Å². The van der Waals surface area contributed by atoms with Gasteiger partial charge in [-0.05, 0) is 60.6 Å². The maximum absolute atomic E-state index is 15.3. The van der Waals surface area contributed by atoms with Gasteiger partial charge >= 0.3 is 5.69 Å². The molecule has 1 aromatic heterocycles. The molecule has 5 N–H and O–H groups in total. The fourth-order valence-corrected chi connectivity index (χ4v) is 5.43. The third-order valence-corrected chi connectivity index (χ3v) is 7.41. The number of hydrogen-bond acceptors (Lipinski definition) is 5. The second-order valence-electron chi connectivity index (χ2n) is 8.93. The molecule has 0 radical (unpaired) electrons. The smallest absolute Gasteiger partial charge is 0.332 e. The van der Waals surface area contributed by atoms with E-state index in [-0.39, 0.29) is 34.7 Å². The molecule has 1 saturated heterocycles. The molecule has 2 saturated carbocycles. The van der Waals surface area contributed by atoms with Crippen molar-refractivity contribution in [2.75, 3.05) is 18.9 Å². The van der Waals surface area contributed by atoms with E-state index in [2.05, 4.69) is 12.2 Å². The molecule has 5 rings (SSSR count). The molecule has 28 heavy (non-hydrogen) atoms. The highest BCUT2D eigenvalue weighted by atomic mass is 19.1. The minimum atomic E-state index is -0.648. The van der Waals surface area contributed by atoms with E-state index in [0.717, 1.165) is 32.4 Å². The molecule has 3 aliphatic rings. The summed E-state index contributed by atoms with van der Waals surface area (Å²) in [4.78, 5) is 25.3. The van der Waals surface area contributed by atoms with Gasteiger partial charge in [-0.15, -0.1) is 0 Å². The van der Waals surface area contributed by atoms with E-state index >= 15 is 4.39 Å². The number of aromatic nitrogens is 2. The topological polar surface area (TPSA) is 108 Å². The molecule has 1 spiro atoms. The maximum atomic E-state index is 15.3. The quantitative estimate of drug-likeness (QED) is 0.658. The number of aryl methyl sites for hydroxylation is 1. The monoisotopic (exact) mass is 387 g/mol. The van der Waals surface area contributed by atoms with Gasteiger partial charge in [0.25, 0.3) is 5.56 Å². The summed E-state index contributed by atoms with van der Waals surface area (Å²) >= 11 is 0. The van der Waals surface area contributed by atoms with Crippen LogP contribution in [0.3, 0.4) is 0 Å². The van der Waals surface area contributed by atoms with Crippen molar-refractivity contribution in [1.29, 1.82) is 0 Å². The highest BCUT2D eigenvalue weighted by Crippen LogP contribution is 2.65. The lowest BCUT2D eigenvalue weighted by Gasteiger charge is -2.36. The number of piperidine rings is 1. The Morgan fingerprint density at radius 3 is 2.71 bits per heavy atom. The zero-order valence-corrected chi connectivity index (χ0v) is 16.2. The van der Waals surface area contributed by atoms with Crippen LogP contribution in [0.15, 0.2) is 15.7 Å². The van der Waals surface area contributed by atoms with Crippen LogP contribution in [-0.4, -0.2) is 28.4 Å². The summed E-state index contributed by atoms with van der Waals surface area (Å²) in [7, 11) is 0. The van der Waals surface area contributed by atoms with Gasteiger partial charge in [0.2, 0.25) is 0 Å². The summed E-state index contributed by atoms with van der Waals surface area (Å²) in [6.07, 6.45) is 2.59. The molecule has 8 heteroatoms. The van der Waals surface area contributed by atoms with Crippen molar-refractivity contribution in [1.82, 2.24) is 14.6 Å². The predicted molar refractivity (Wildman–Crippen MR) is 105 cm³/mol. The highest BCUT2D eigenvalue weighted by Gasteiger charge is 2.61. The first-order valence-electron chi connectivity index (χ1n) is 9.99. The number of nitrogens with zero attached hydrogens (tertiary/aromatic N) is 2. The van der Waals surface area contributed by atoms with Crippen LogP contribution in [0.4, 0.5) is 4.39 Å². The van der Waals surface area contributed by atoms with Gasteiger partial charge in [0.05, 0.1) is 10.9 Å². The van der Waals surface area contributed by atoms with Crippen molar-refractivity contribution in [3.8, 4) is 0 Å². The number of nitrogen functional groups attached to an aromatic ring is 1. The zero-order valence-electron chi connectivity index (χ0n) is 16.2. The van der Waals surface area contributed by atoms with Gasteiger partial charge in [-0.1, -0.05) is 6.92 Å². The summed E-state index contributed by atoms with van der Waals surface area (Å²) in [5.74, 6) is 5.61. The fraction of sp³-hybridized carbons (Fsp3) is 0.600. The van der Waals surface area contributed by atoms with E-state index in [1.165, 1.54) is 6.07 Å². The zero-order chi connectivity index (χ0) is 20.0. The van der Waals surface area contributed by atoms with Gasteiger partial charge in [-0.2, -0.15) is 4.68 Å². The van der Waals surface area contributed by atoms with Crippen LogP contribution < -0.4 is 28.1 Å². The Labute approximate surface area is 161 Å². The Morgan fingerprint density at radius 2 is 2.04 bits per heavy atom. The average Bonchev–Trinajstić information content (AvgIpc) is 3.56. The Balaban J connectivity index is 1.74. The van der Waals surface area contributed by atoms with Crippen molar-refractivity contribution in [2.24, 2.45) is 17.1 Å². The first-order chi connectivity index (χ1) is 13.3. The van der Waals surface area contributed by atoms with Crippen LogP contribution >= 0.6 is 0 Å². The van der Waals surface area contributed by atoms with Crippen LogP contribution in [0, 0.1) is 24.1 Å². The molecule has 3 fully saturated rings. The first-order valence-corrected chi connectivity index (χ1v) is 9.99. The highest BCUT2D eigenvalue weighted by molar-refractivity contribution is 5.83. The lowest BCUT2D eigenvalue weighted by Crippen LogP contribution is -2.51. The molecule has 0 bridgehead atoms. The minimum Gasteiger partial charge on any atom is -0.332 e. The third-order valence-electron chi connectivity index (χ3n) is 7.41. The lowest BCUT2D eigenvalue weighted by molar-refractivity contribution is 0.210. The molecule has 4 atom stereocenters. The molecule has 150 valence electrons. The van der Waals surface area contributed by atoms with Gasteiger partial charge in [0, 0.05) is 25.2 Å². The van der Waals surface area contributed by atoms with Crippen molar-refractivity contribution >= 4 is 10.9 Å². The molecule has 2 aromatic rings. The second-order valence-corrected chi connectivity index (χ2v) is 8.93. The summed E-state index contributed by atoms with van der Waals surface area (Å²) in [6.45, 7) is 5.55. The Hall–Kier alpha value is -2.19. The van der Waals surface area contributed by atoms with E-state index in [4.69, 9.17) is 11.6 Å². The summed E-state index contributed by atoms with van der Waals surface area (Å²) in [5.41, 5.74) is 6.88. The predicted octanol–water partition coefficient (Wildman–Crippen LogP) is 0.700. The van der Waals surface area contributed by atoms with Crippen LogP contribution in [0.25, 0.3) is 10.9 Å². The number of halogens is 1. The number of rotatable bonds is 2. The summed E-state index contributed by atoms with van der Waals surface area (Å²) in [5, 5.41) is 3.56. The van der Waals surface area contributed by atoms with Gasteiger partial charge in [0.1, 0.15) is 5.82 Å². The number of nitrogens with two attached hydrogens (primary N) is 2. The average molecular weight is 387 g/mol. The molecule has 0 amide bonds. The molecular weight excluding hydrogens is 361 g/mol. The molecule has 2 heterocycles. The molecule has 2 aliphatic carbocycles. The van der Waals surface area contributed by atoms with Crippen molar-refractivity contribution in [3.05, 3.63) is 43.8 Å². The summed E-state index contributed by atoms with van der Waals surface area (Å²) in [6, 6.07) is 1.34.